The number of ether oxygens (including phenoxy) is 1. The molecule has 1 saturated carbocycles. The summed E-state index contributed by atoms with van der Waals surface area (Å²) in [4.78, 5) is 2.32. The molecule has 2 fully saturated rings. The van der Waals surface area contributed by atoms with Crippen molar-refractivity contribution in [1.82, 2.24) is 4.90 Å². The van der Waals surface area contributed by atoms with E-state index in [-0.39, 0.29) is 23.0 Å². The third-order valence-corrected chi connectivity index (χ3v) is 4.78. The standard InChI is InChI=1S/C15H20ClFN2O/c16-11-4-1-3-10(15(11)17)13(9-18)19-7-8-20-14-6-2-5-12(14)19/h1,3-4,12-14H,2,5-9,18H2. The second-order valence-corrected chi connectivity index (χ2v) is 5.95. The molecule has 3 nitrogen and oxygen atoms in total. The smallest absolute Gasteiger partial charge is 0.146 e. The average molecular weight is 299 g/mol. The van der Waals surface area contributed by atoms with Gasteiger partial charge in [-0.3, -0.25) is 4.90 Å². The molecule has 3 atom stereocenters. The molecular formula is C15H20ClFN2O. The van der Waals surface area contributed by atoms with Crippen LogP contribution in [0.4, 0.5) is 4.39 Å². The Hall–Kier alpha value is -0.680. The molecule has 1 aromatic rings. The summed E-state index contributed by atoms with van der Waals surface area (Å²) < 4.78 is 20.1. The van der Waals surface area contributed by atoms with Crippen molar-refractivity contribution in [2.24, 2.45) is 5.73 Å². The molecule has 1 aromatic carbocycles. The maximum Gasteiger partial charge on any atom is 0.146 e. The van der Waals surface area contributed by atoms with E-state index in [0.717, 1.165) is 19.4 Å². The first kappa shape index (κ1) is 14.3. The normalized spacial score (nSPS) is 28.4. The van der Waals surface area contributed by atoms with Crippen LogP contribution in [0.25, 0.3) is 0 Å². The predicted octanol–water partition coefficient (Wildman–Crippen LogP) is 2.73. The molecule has 5 heteroatoms. The van der Waals surface area contributed by atoms with Crippen LogP contribution >= 0.6 is 11.6 Å². The Labute approximate surface area is 123 Å². The van der Waals surface area contributed by atoms with Crippen molar-refractivity contribution in [3.05, 3.63) is 34.6 Å². The van der Waals surface area contributed by atoms with Crippen LogP contribution < -0.4 is 5.73 Å². The number of halogens is 2. The van der Waals surface area contributed by atoms with Gasteiger partial charge in [-0.05, 0) is 25.3 Å². The Morgan fingerprint density at radius 3 is 3.10 bits per heavy atom. The third-order valence-electron chi connectivity index (χ3n) is 4.49. The minimum atomic E-state index is -0.342. The molecule has 0 amide bonds. The number of morpholine rings is 1. The van der Waals surface area contributed by atoms with Gasteiger partial charge in [0, 0.05) is 24.7 Å². The van der Waals surface area contributed by atoms with E-state index in [9.17, 15) is 4.39 Å². The number of nitrogens with two attached hydrogens (primary N) is 1. The van der Waals surface area contributed by atoms with Gasteiger partial charge in [-0.25, -0.2) is 4.39 Å². The minimum Gasteiger partial charge on any atom is -0.375 e. The van der Waals surface area contributed by atoms with Crippen molar-refractivity contribution in [2.45, 2.75) is 37.5 Å². The Bertz CT molecular complexity index is 485. The average Bonchev–Trinajstić information content (AvgIpc) is 2.93. The van der Waals surface area contributed by atoms with E-state index >= 15 is 0 Å². The molecule has 2 N–H and O–H groups in total. The van der Waals surface area contributed by atoms with Gasteiger partial charge in [-0.2, -0.15) is 0 Å². The van der Waals surface area contributed by atoms with E-state index in [2.05, 4.69) is 4.90 Å². The second-order valence-electron chi connectivity index (χ2n) is 5.54. The van der Waals surface area contributed by atoms with Gasteiger partial charge < -0.3 is 10.5 Å². The predicted molar refractivity (Wildman–Crippen MR) is 77.3 cm³/mol. The molecular weight excluding hydrogens is 279 g/mol. The Morgan fingerprint density at radius 2 is 2.30 bits per heavy atom. The Balaban J connectivity index is 1.90. The van der Waals surface area contributed by atoms with Crippen LogP contribution in [0.2, 0.25) is 5.02 Å². The summed E-state index contributed by atoms with van der Waals surface area (Å²) in [6.45, 7) is 1.88. The SMILES string of the molecule is NCC(c1cccc(Cl)c1F)N1CCOC2CCCC21. The molecule has 1 saturated heterocycles. The molecule has 1 aliphatic heterocycles. The van der Waals surface area contributed by atoms with Crippen molar-refractivity contribution in [2.75, 3.05) is 19.7 Å². The number of fused-ring (bicyclic) bond motifs is 1. The largest absolute Gasteiger partial charge is 0.375 e. The van der Waals surface area contributed by atoms with Gasteiger partial charge in [-0.1, -0.05) is 23.7 Å². The molecule has 1 aliphatic carbocycles. The molecule has 0 spiro atoms. The first-order chi connectivity index (χ1) is 9.72. The fraction of sp³-hybridized carbons (Fsp3) is 0.600. The molecule has 110 valence electrons. The molecule has 3 unspecified atom stereocenters. The van der Waals surface area contributed by atoms with Gasteiger partial charge in [-0.15, -0.1) is 0 Å². The van der Waals surface area contributed by atoms with E-state index < -0.39 is 0 Å². The van der Waals surface area contributed by atoms with Gasteiger partial charge in [0.1, 0.15) is 5.82 Å². The summed E-state index contributed by atoms with van der Waals surface area (Å²) in [7, 11) is 0. The summed E-state index contributed by atoms with van der Waals surface area (Å²) in [6, 6.07) is 5.39. The van der Waals surface area contributed by atoms with Crippen LogP contribution in [0.15, 0.2) is 18.2 Å². The molecule has 3 rings (SSSR count). The van der Waals surface area contributed by atoms with E-state index in [1.807, 2.05) is 0 Å². The topological polar surface area (TPSA) is 38.5 Å². The lowest BCUT2D eigenvalue weighted by molar-refractivity contribution is -0.0715. The molecule has 2 aliphatic rings. The fourth-order valence-electron chi connectivity index (χ4n) is 3.56. The van der Waals surface area contributed by atoms with Crippen LogP contribution in [0, 0.1) is 5.82 Å². The first-order valence-electron chi connectivity index (χ1n) is 7.23. The highest BCUT2D eigenvalue weighted by Crippen LogP contribution is 2.36. The maximum atomic E-state index is 14.3. The zero-order valence-electron chi connectivity index (χ0n) is 11.4. The maximum absolute atomic E-state index is 14.3. The van der Waals surface area contributed by atoms with E-state index in [4.69, 9.17) is 22.1 Å². The highest BCUT2D eigenvalue weighted by atomic mass is 35.5. The van der Waals surface area contributed by atoms with E-state index in [1.165, 1.54) is 6.42 Å². The van der Waals surface area contributed by atoms with Gasteiger partial charge in [0.05, 0.1) is 23.8 Å². The highest BCUT2D eigenvalue weighted by Gasteiger charge is 2.39. The van der Waals surface area contributed by atoms with Gasteiger partial charge in [0.2, 0.25) is 0 Å². The summed E-state index contributed by atoms with van der Waals surface area (Å²) >= 11 is 5.91. The minimum absolute atomic E-state index is 0.122. The zero-order chi connectivity index (χ0) is 14.1. The van der Waals surface area contributed by atoms with Crippen LogP contribution in [0.3, 0.4) is 0 Å². The highest BCUT2D eigenvalue weighted by molar-refractivity contribution is 6.30. The van der Waals surface area contributed by atoms with Crippen molar-refractivity contribution < 1.29 is 9.13 Å². The quantitative estimate of drug-likeness (QED) is 0.932. The van der Waals surface area contributed by atoms with Gasteiger partial charge in [0.25, 0.3) is 0 Å². The molecule has 0 bridgehead atoms. The van der Waals surface area contributed by atoms with Gasteiger partial charge in [0.15, 0.2) is 0 Å². The number of hydrogen-bond donors (Lipinski definition) is 1. The second kappa shape index (κ2) is 5.98. The molecule has 0 aromatic heterocycles. The van der Waals surface area contributed by atoms with Crippen LogP contribution in [-0.4, -0.2) is 36.7 Å². The lowest BCUT2D eigenvalue weighted by Gasteiger charge is -2.42. The number of hydrogen-bond acceptors (Lipinski definition) is 3. The monoisotopic (exact) mass is 298 g/mol. The number of nitrogens with zero attached hydrogens (tertiary/aromatic N) is 1. The van der Waals surface area contributed by atoms with E-state index in [1.54, 1.807) is 18.2 Å². The third kappa shape index (κ3) is 2.46. The van der Waals surface area contributed by atoms with Crippen molar-refractivity contribution >= 4 is 11.6 Å². The fourth-order valence-corrected chi connectivity index (χ4v) is 3.74. The summed E-state index contributed by atoms with van der Waals surface area (Å²) in [5.41, 5.74) is 6.55. The summed E-state index contributed by atoms with van der Waals surface area (Å²) in [6.07, 6.45) is 3.64. The van der Waals surface area contributed by atoms with Crippen LogP contribution in [-0.2, 0) is 4.74 Å². The van der Waals surface area contributed by atoms with Crippen molar-refractivity contribution in [3.8, 4) is 0 Å². The number of benzene rings is 1. The molecule has 1 heterocycles. The first-order valence-corrected chi connectivity index (χ1v) is 7.61. The summed E-state index contributed by atoms with van der Waals surface area (Å²) in [5.74, 6) is -0.342. The van der Waals surface area contributed by atoms with E-state index in [0.29, 0.717) is 24.8 Å². The number of rotatable bonds is 3. The Morgan fingerprint density at radius 1 is 1.45 bits per heavy atom. The van der Waals surface area contributed by atoms with Crippen LogP contribution in [0.1, 0.15) is 30.9 Å². The molecule has 0 radical (unpaired) electrons. The lowest BCUT2D eigenvalue weighted by Crippen LogP contribution is -2.51. The Kier molecular flexibility index (Phi) is 4.26. The van der Waals surface area contributed by atoms with Crippen LogP contribution in [0.5, 0.6) is 0 Å². The molecule has 20 heavy (non-hydrogen) atoms. The van der Waals surface area contributed by atoms with Crippen molar-refractivity contribution in [3.63, 3.8) is 0 Å². The van der Waals surface area contributed by atoms with Gasteiger partial charge >= 0.3 is 0 Å². The zero-order valence-corrected chi connectivity index (χ0v) is 12.2. The lowest BCUT2D eigenvalue weighted by atomic mass is 10.00. The van der Waals surface area contributed by atoms with Crippen molar-refractivity contribution in [1.29, 1.82) is 0 Å². The summed E-state index contributed by atoms with van der Waals surface area (Å²) in [5, 5.41) is 0.164.